The first kappa shape index (κ1) is 20.0. The number of nitro benzene ring substituents is 1. The maximum Gasteiger partial charge on any atom is 0.344 e. The Labute approximate surface area is 154 Å². The summed E-state index contributed by atoms with van der Waals surface area (Å²) in [4.78, 5) is 29.8. The maximum absolute atomic E-state index is 11.8. The molecule has 7 nitrogen and oxygen atoms in total. The first-order valence-electron chi connectivity index (χ1n) is 8.73. The Bertz CT molecular complexity index is 714. The van der Waals surface area contributed by atoms with E-state index in [4.69, 9.17) is 0 Å². The predicted molar refractivity (Wildman–Crippen MR) is 101 cm³/mol. The third-order valence-electron chi connectivity index (χ3n) is 4.96. The van der Waals surface area contributed by atoms with E-state index in [2.05, 4.69) is 42.3 Å². The summed E-state index contributed by atoms with van der Waals surface area (Å²) in [6.45, 7) is 10.5. The van der Waals surface area contributed by atoms with Gasteiger partial charge < -0.3 is 4.74 Å². The Morgan fingerprint density at radius 1 is 1.35 bits per heavy atom. The largest absolute Gasteiger partial charge is 0.465 e. The fourth-order valence-electron chi connectivity index (χ4n) is 3.16. The molecular weight excluding hydrogens is 334 g/mol. The number of rotatable bonds is 4. The molecule has 142 valence electrons. The third-order valence-corrected chi connectivity index (χ3v) is 4.96. The zero-order valence-corrected chi connectivity index (χ0v) is 16.1. The molecule has 26 heavy (non-hydrogen) atoms. The van der Waals surface area contributed by atoms with E-state index in [0.717, 1.165) is 25.9 Å². The molecule has 0 saturated carbocycles. The number of hydrogen-bond acceptors (Lipinski definition) is 6. The molecule has 1 fully saturated rings. The standard InChI is InChI=1S/C19H27N3O4/c1-18(2,3)21-11-9-19(4,10-12-21)20-13-14-7-6-8-15(17(23)26-5)16(14)22(24)25/h6-8,13H,9-12H2,1-5H3. The van der Waals surface area contributed by atoms with E-state index < -0.39 is 10.9 Å². The second-order valence-electron chi connectivity index (χ2n) is 7.91. The predicted octanol–water partition coefficient (Wildman–Crippen LogP) is 3.45. The fraction of sp³-hybridized carbons (Fsp3) is 0.579. The lowest BCUT2D eigenvalue weighted by Gasteiger charge is -2.43. The Hall–Kier alpha value is -2.28. The molecule has 1 saturated heterocycles. The van der Waals surface area contributed by atoms with Gasteiger partial charge in [0.25, 0.3) is 5.69 Å². The molecule has 0 aromatic heterocycles. The number of carbonyl (C=O) groups is 1. The molecule has 0 spiro atoms. The van der Waals surface area contributed by atoms with Gasteiger partial charge in [0.15, 0.2) is 0 Å². The van der Waals surface area contributed by atoms with Crippen LogP contribution in [-0.2, 0) is 4.74 Å². The second-order valence-corrected chi connectivity index (χ2v) is 7.91. The van der Waals surface area contributed by atoms with Crippen LogP contribution in [0.1, 0.15) is 56.5 Å². The highest BCUT2D eigenvalue weighted by Gasteiger charge is 2.33. The summed E-state index contributed by atoms with van der Waals surface area (Å²) in [5.74, 6) is -0.725. The van der Waals surface area contributed by atoms with Crippen molar-refractivity contribution in [2.24, 2.45) is 4.99 Å². The molecule has 0 N–H and O–H groups in total. The van der Waals surface area contributed by atoms with Crippen LogP contribution in [0, 0.1) is 10.1 Å². The molecule has 0 aliphatic carbocycles. The summed E-state index contributed by atoms with van der Waals surface area (Å²) >= 11 is 0. The van der Waals surface area contributed by atoms with Crippen molar-refractivity contribution in [2.45, 2.75) is 51.6 Å². The Morgan fingerprint density at radius 2 is 1.96 bits per heavy atom. The minimum Gasteiger partial charge on any atom is -0.465 e. The smallest absolute Gasteiger partial charge is 0.344 e. The number of para-hydroxylation sites is 1. The van der Waals surface area contributed by atoms with E-state index >= 15 is 0 Å². The van der Waals surface area contributed by atoms with Crippen molar-refractivity contribution in [3.8, 4) is 0 Å². The molecule has 7 heteroatoms. The number of ether oxygens (including phenoxy) is 1. The van der Waals surface area contributed by atoms with Gasteiger partial charge in [0, 0.05) is 24.8 Å². The van der Waals surface area contributed by atoms with Gasteiger partial charge in [-0.15, -0.1) is 0 Å². The van der Waals surface area contributed by atoms with Crippen molar-refractivity contribution < 1.29 is 14.5 Å². The number of esters is 1. The van der Waals surface area contributed by atoms with Gasteiger partial charge in [-0.05, 0) is 52.7 Å². The van der Waals surface area contributed by atoms with Crippen LogP contribution in [-0.4, -0.2) is 53.3 Å². The average Bonchev–Trinajstić information content (AvgIpc) is 2.58. The van der Waals surface area contributed by atoms with E-state index in [1.54, 1.807) is 12.1 Å². The molecule has 1 heterocycles. The van der Waals surface area contributed by atoms with Crippen LogP contribution in [0.2, 0.25) is 0 Å². The quantitative estimate of drug-likeness (QED) is 0.355. The lowest BCUT2D eigenvalue weighted by atomic mass is 9.88. The summed E-state index contributed by atoms with van der Waals surface area (Å²) in [5, 5.41) is 11.5. The highest BCUT2D eigenvalue weighted by Crippen LogP contribution is 2.30. The second kappa shape index (κ2) is 7.53. The van der Waals surface area contributed by atoms with Crippen LogP contribution in [0.3, 0.4) is 0 Å². The summed E-state index contributed by atoms with van der Waals surface area (Å²) < 4.78 is 4.65. The number of likely N-dealkylation sites (tertiary alicyclic amines) is 1. The topological polar surface area (TPSA) is 85.0 Å². The van der Waals surface area contributed by atoms with Gasteiger partial charge in [-0.1, -0.05) is 6.07 Å². The van der Waals surface area contributed by atoms with E-state index in [0.29, 0.717) is 5.56 Å². The summed E-state index contributed by atoms with van der Waals surface area (Å²) in [5.41, 5.74) is -0.152. The molecule has 1 aromatic carbocycles. The Balaban J connectivity index is 2.26. The normalized spacial score (nSPS) is 18.0. The molecule has 0 atom stereocenters. The monoisotopic (exact) mass is 361 g/mol. The molecule has 1 aromatic rings. The van der Waals surface area contributed by atoms with Crippen molar-refractivity contribution in [1.29, 1.82) is 0 Å². The number of aliphatic imine (C=N–C) groups is 1. The lowest BCUT2D eigenvalue weighted by molar-refractivity contribution is -0.385. The minimum atomic E-state index is -0.725. The molecule has 0 bridgehead atoms. The molecule has 0 radical (unpaired) electrons. The van der Waals surface area contributed by atoms with Crippen molar-refractivity contribution in [1.82, 2.24) is 4.90 Å². The van der Waals surface area contributed by atoms with E-state index in [9.17, 15) is 14.9 Å². The Morgan fingerprint density at radius 3 is 2.46 bits per heavy atom. The first-order chi connectivity index (χ1) is 12.1. The number of hydrogen-bond donors (Lipinski definition) is 0. The van der Waals surface area contributed by atoms with Crippen LogP contribution in [0.4, 0.5) is 5.69 Å². The van der Waals surface area contributed by atoms with E-state index in [1.165, 1.54) is 19.4 Å². The molecule has 1 aliphatic heterocycles. The lowest BCUT2D eigenvalue weighted by Crippen LogP contribution is -2.49. The third kappa shape index (κ3) is 4.46. The van der Waals surface area contributed by atoms with Crippen LogP contribution >= 0.6 is 0 Å². The Kier molecular flexibility index (Phi) is 5.81. The highest BCUT2D eigenvalue weighted by molar-refractivity contribution is 5.99. The van der Waals surface area contributed by atoms with Crippen molar-refractivity contribution in [2.75, 3.05) is 20.2 Å². The van der Waals surface area contributed by atoms with Gasteiger partial charge in [-0.3, -0.25) is 20.0 Å². The molecule has 2 rings (SSSR count). The number of benzene rings is 1. The van der Waals surface area contributed by atoms with Crippen LogP contribution in [0.5, 0.6) is 0 Å². The summed E-state index contributed by atoms with van der Waals surface area (Å²) in [6, 6.07) is 4.59. The van der Waals surface area contributed by atoms with Crippen molar-refractivity contribution >= 4 is 17.9 Å². The summed E-state index contributed by atoms with van der Waals surface area (Å²) in [7, 11) is 1.21. The van der Waals surface area contributed by atoms with Gasteiger partial charge in [0.1, 0.15) is 5.56 Å². The van der Waals surface area contributed by atoms with Gasteiger partial charge in [0.05, 0.1) is 23.1 Å². The van der Waals surface area contributed by atoms with Crippen LogP contribution in [0.25, 0.3) is 0 Å². The first-order valence-corrected chi connectivity index (χ1v) is 8.73. The number of nitro groups is 1. The molecule has 1 aliphatic rings. The minimum absolute atomic E-state index is 0.0610. The van der Waals surface area contributed by atoms with E-state index in [-0.39, 0.29) is 22.3 Å². The van der Waals surface area contributed by atoms with Crippen LogP contribution < -0.4 is 0 Å². The number of nitrogens with zero attached hydrogens (tertiary/aromatic N) is 3. The summed E-state index contributed by atoms with van der Waals surface area (Å²) in [6.07, 6.45) is 3.29. The van der Waals surface area contributed by atoms with Crippen molar-refractivity contribution in [3.63, 3.8) is 0 Å². The van der Waals surface area contributed by atoms with Crippen LogP contribution in [0.15, 0.2) is 23.2 Å². The zero-order valence-electron chi connectivity index (χ0n) is 16.1. The maximum atomic E-state index is 11.8. The molecule has 0 unspecified atom stereocenters. The highest BCUT2D eigenvalue weighted by atomic mass is 16.6. The van der Waals surface area contributed by atoms with Gasteiger partial charge in [0.2, 0.25) is 0 Å². The average molecular weight is 361 g/mol. The van der Waals surface area contributed by atoms with Crippen molar-refractivity contribution in [3.05, 3.63) is 39.4 Å². The van der Waals surface area contributed by atoms with E-state index in [1.807, 2.05) is 0 Å². The SMILES string of the molecule is COC(=O)c1cccc(C=NC2(C)CCN(C(C)(C)C)CC2)c1[N+](=O)[O-]. The van der Waals surface area contributed by atoms with Gasteiger partial charge in [-0.2, -0.15) is 0 Å². The number of carbonyl (C=O) groups excluding carboxylic acids is 1. The number of piperidine rings is 1. The number of methoxy groups -OCH3 is 1. The zero-order chi connectivity index (χ0) is 19.5. The molecule has 0 amide bonds. The fourth-order valence-corrected chi connectivity index (χ4v) is 3.16. The van der Waals surface area contributed by atoms with Gasteiger partial charge >= 0.3 is 5.97 Å². The van der Waals surface area contributed by atoms with Gasteiger partial charge in [-0.25, -0.2) is 4.79 Å². The molecular formula is C19H27N3O4.